The second-order valence-electron chi connectivity index (χ2n) is 4.65. The van der Waals surface area contributed by atoms with Crippen LogP contribution >= 0.6 is 0 Å². The SMILES string of the molecule is COc1cc(NCCC2(C)OCCO2)ccc1[N+](=O)[O-]. The molecule has 0 aromatic heterocycles. The van der Waals surface area contributed by atoms with Gasteiger partial charge in [-0.2, -0.15) is 0 Å². The van der Waals surface area contributed by atoms with Crippen molar-refractivity contribution >= 4 is 11.4 Å². The molecule has 0 saturated carbocycles. The van der Waals surface area contributed by atoms with Crippen molar-refractivity contribution in [2.24, 2.45) is 0 Å². The third-order valence-corrected chi connectivity index (χ3v) is 3.18. The number of nitrogens with zero attached hydrogens (tertiary/aromatic N) is 1. The van der Waals surface area contributed by atoms with E-state index < -0.39 is 10.7 Å². The number of nitrogens with one attached hydrogen (secondary N) is 1. The fourth-order valence-electron chi connectivity index (χ4n) is 2.07. The second-order valence-corrected chi connectivity index (χ2v) is 4.65. The molecule has 1 heterocycles. The van der Waals surface area contributed by atoms with Crippen LogP contribution in [0, 0.1) is 10.1 Å². The van der Waals surface area contributed by atoms with Crippen LogP contribution in [0.5, 0.6) is 5.75 Å². The first-order valence-corrected chi connectivity index (χ1v) is 6.38. The molecule has 0 unspecified atom stereocenters. The fraction of sp³-hybridized carbons (Fsp3) is 0.538. The van der Waals surface area contributed by atoms with Gasteiger partial charge < -0.3 is 19.5 Å². The van der Waals surface area contributed by atoms with Crippen LogP contribution in [0.1, 0.15) is 13.3 Å². The summed E-state index contributed by atoms with van der Waals surface area (Å²) in [5.41, 5.74) is 0.710. The molecule has 0 amide bonds. The summed E-state index contributed by atoms with van der Waals surface area (Å²) in [6, 6.07) is 4.68. The molecule has 0 atom stereocenters. The van der Waals surface area contributed by atoms with Crippen molar-refractivity contribution in [3.8, 4) is 5.75 Å². The Bertz CT molecular complexity index is 486. The highest BCUT2D eigenvalue weighted by molar-refractivity contribution is 5.57. The molecule has 7 nitrogen and oxygen atoms in total. The lowest BCUT2D eigenvalue weighted by Gasteiger charge is -2.22. The topological polar surface area (TPSA) is 82.9 Å². The summed E-state index contributed by atoms with van der Waals surface area (Å²) >= 11 is 0. The Morgan fingerprint density at radius 1 is 1.45 bits per heavy atom. The molecule has 7 heteroatoms. The molecule has 1 saturated heterocycles. The zero-order chi connectivity index (χ0) is 14.6. The standard InChI is InChI=1S/C13H18N2O5/c1-13(19-7-8-20-13)5-6-14-10-3-4-11(15(16)17)12(9-10)18-2/h3-4,9,14H,5-8H2,1-2H3. The number of nitro benzene ring substituents is 1. The van der Waals surface area contributed by atoms with Crippen LogP contribution in [0.4, 0.5) is 11.4 Å². The number of anilines is 1. The molecule has 1 aliphatic heterocycles. The summed E-state index contributed by atoms with van der Waals surface area (Å²) in [6.07, 6.45) is 0.687. The average molecular weight is 282 g/mol. The molecule has 1 aromatic carbocycles. The van der Waals surface area contributed by atoms with Crippen molar-refractivity contribution in [3.05, 3.63) is 28.3 Å². The van der Waals surface area contributed by atoms with E-state index in [1.165, 1.54) is 13.2 Å². The summed E-state index contributed by atoms with van der Waals surface area (Å²) in [5.74, 6) is -0.308. The maximum atomic E-state index is 10.8. The zero-order valence-electron chi connectivity index (χ0n) is 11.5. The third-order valence-electron chi connectivity index (χ3n) is 3.18. The monoisotopic (exact) mass is 282 g/mol. The smallest absolute Gasteiger partial charge is 0.311 e. The number of methoxy groups -OCH3 is 1. The van der Waals surface area contributed by atoms with Crippen LogP contribution in [0.3, 0.4) is 0 Å². The van der Waals surface area contributed by atoms with Gasteiger partial charge in [0.1, 0.15) is 0 Å². The molecule has 0 aliphatic carbocycles. The molecular formula is C13H18N2O5. The van der Waals surface area contributed by atoms with E-state index in [0.717, 1.165) is 5.69 Å². The Hall–Kier alpha value is -1.86. The highest BCUT2D eigenvalue weighted by Crippen LogP contribution is 2.30. The average Bonchev–Trinajstić information content (AvgIpc) is 2.85. The third kappa shape index (κ3) is 3.37. The van der Waals surface area contributed by atoms with E-state index in [0.29, 0.717) is 26.2 Å². The fourth-order valence-corrected chi connectivity index (χ4v) is 2.07. The predicted octanol–water partition coefficient (Wildman–Crippen LogP) is 2.17. The first-order chi connectivity index (χ1) is 9.54. The quantitative estimate of drug-likeness (QED) is 0.636. The molecule has 1 fully saturated rings. The van der Waals surface area contributed by atoms with Gasteiger partial charge in [-0.05, 0) is 13.0 Å². The summed E-state index contributed by atoms with van der Waals surface area (Å²) in [6.45, 7) is 3.76. The van der Waals surface area contributed by atoms with Gasteiger partial charge in [0.2, 0.25) is 0 Å². The Balaban J connectivity index is 1.94. The highest BCUT2D eigenvalue weighted by atomic mass is 16.7. The number of benzene rings is 1. The van der Waals surface area contributed by atoms with Gasteiger partial charge in [-0.15, -0.1) is 0 Å². The lowest BCUT2D eigenvalue weighted by Crippen LogP contribution is -2.28. The largest absolute Gasteiger partial charge is 0.490 e. The van der Waals surface area contributed by atoms with Gasteiger partial charge in [-0.1, -0.05) is 0 Å². The Labute approximate surface area is 117 Å². The zero-order valence-corrected chi connectivity index (χ0v) is 11.5. The van der Waals surface area contributed by atoms with Crippen LogP contribution in [0.15, 0.2) is 18.2 Å². The molecular weight excluding hydrogens is 264 g/mol. The van der Waals surface area contributed by atoms with Crippen LogP contribution in [-0.4, -0.2) is 37.6 Å². The summed E-state index contributed by atoms with van der Waals surface area (Å²) in [5, 5.41) is 14.0. The minimum absolute atomic E-state index is 0.0486. The van der Waals surface area contributed by atoms with Crippen LogP contribution in [0.25, 0.3) is 0 Å². The van der Waals surface area contributed by atoms with Crippen LogP contribution < -0.4 is 10.1 Å². The van der Waals surface area contributed by atoms with E-state index in [4.69, 9.17) is 14.2 Å². The summed E-state index contributed by atoms with van der Waals surface area (Å²) in [7, 11) is 1.41. The molecule has 1 aromatic rings. The molecule has 20 heavy (non-hydrogen) atoms. The highest BCUT2D eigenvalue weighted by Gasteiger charge is 2.30. The van der Waals surface area contributed by atoms with Crippen molar-refractivity contribution in [2.75, 3.05) is 32.2 Å². The van der Waals surface area contributed by atoms with Crippen LogP contribution in [0.2, 0.25) is 0 Å². The lowest BCUT2D eigenvalue weighted by atomic mass is 10.2. The van der Waals surface area contributed by atoms with Crippen molar-refractivity contribution in [1.29, 1.82) is 0 Å². The minimum atomic E-state index is -0.544. The van der Waals surface area contributed by atoms with Crippen molar-refractivity contribution in [2.45, 2.75) is 19.1 Å². The van der Waals surface area contributed by atoms with Crippen molar-refractivity contribution in [1.82, 2.24) is 0 Å². The molecule has 0 radical (unpaired) electrons. The predicted molar refractivity (Wildman–Crippen MR) is 73.1 cm³/mol. The summed E-state index contributed by atoms with van der Waals surface area (Å²) < 4.78 is 16.0. The van der Waals surface area contributed by atoms with Gasteiger partial charge >= 0.3 is 5.69 Å². The maximum absolute atomic E-state index is 10.8. The number of rotatable bonds is 6. The first-order valence-electron chi connectivity index (χ1n) is 6.38. The van der Waals surface area contributed by atoms with Gasteiger partial charge in [0.25, 0.3) is 0 Å². The van der Waals surface area contributed by atoms with Gasteiger partial charge in [-0.25, -0.2) is 0 Å². The number of ether oxygens (including phenoxy) is 3. The second kappa shape index (κ2) is 6.06. The van der Waals surface area contributed by atoms with E-state index in [2.05, 4.69) is 5.32 Å². The maximum Gasteiger partial charge on any atom is 0.311 e. The van der Waals surface area contributed by atoms with Crippen molar-refractivity contribution < 1.29 is 19.1 Å². The van der Waals surface area contributed by atoms with Crippen LogP contribution in [-0.2, 0) is 9.47 Å². The van der Waals surface area contributed by atoms with Crippen molar-refractivity contribution in [3.63, 3.8) is 0 Å². The van der Waals surface area contributed by atoms with E-state index in [-0.39, 0.29) is 11.4 Å². The molecule has 1 N–H and O–H groups in total. The van der Waals surface area contributed by atoms with Gasteiger partial charge in [-0.3, -0.25) is 10.1 Å². The van der Waals surface area contributed by atoms with E-state index in [1.807, 2.05) is 6.92 Å². The Morgan fingerprint density at radius 2 is 2.15 bits per heavy atom. The summed E-state index contributed by atoms with van der Waals surface area (Å²) in [4.78, 5) is 10.3. The molecule has 1 aliphatic rings. The normalized spacial score (nSPS) is 16.9. The number of nitro groups is 1. The Kier molecular flexibility index (Phi) is 4.41. The molecule has 0 bridgehead atoms. The van der Waals surface area contributed by atoms with Gasteiger partial charge in [0.05, 0.1) is 25.2 Å². The van der Waals surface area contributed by atoms with E-state index in [1.54, 1.807) is 12.1 Å². The molecule has 110 valence electrons. The van der Waals surface area contributed by atoms with E-state index in [9.17, 15) is 10.1 Å². The Morgan fingerprint density at radius 3 is 2.75 bits per heavy atom. The molecule has 0 spiro atoms. The first kappa shape index (κ1) is 14.5. The van der Waals surface area contributed by atoms with Gasteiger partial charge in [0.15, 0.2) is 11.5 Å². The molecule has 2 rings (SSSR count). The van der Waals surface area contributed by atoms with Gasteiger partial charge in [0, 0.05) is 30.8 Å². The lowest BCUT2D eigenvalue weighted by molar-refractivity contribution is -0.385. The van der Waals surface area contributed by atoms with E-state index >= 15 is 0 Å². The minimum Gasteiger partial charge on any atom is -0.490 e. The number of hydrogen-bond donors (Lipinski definition) is 1. The number of hydrogen-bond acceptors (Lipinski definition) is 6.